The van der Waals surface area contributed by atoms with Gasteiger partial charge in [-0.3, -0.25) is 0 Å². The fourth-order valence-electron chi connectivity index (χ4n) is 1.23. The van der Waals surface area contributed by atoms with Crippen LogP contribution >= 0.6 is 15.9 Å². The van der Waals surface area contributed by atoms with Gasteiger partial charge in [-0.15, -0.1) is 0 Å². The Morgan fingerprint density at radius 2 is 2.19 bits per heavy atom. The fourth-order valence-corrected chi connectivity index (χ4v) is 1.72. The highest BCUT2D eigenvalue weighted by molar-refractivity contribution is 9.10. The number of nitrogens with one attached hydrogen (secondary N) is 1. The van der Waals surface area contributed by atoms with Crippen LogP contribution in [0.15, 0.2) is 22.7 Å². The van der Waals surface area contributed by atoms with Crippen molar-refractivity contribution in [3.8, 4) is 0 Å². The molecule has 16 heavy (non-hydrogen) atoms. The number of hydrogen-bond acceptors (Lipinski definition) is 2. The van der Waals surface area contributed by atoms with Crippen molar-refractivity contribution in [3.63, 3.8) is 0 Å². The lowest BCUT2D eigenvalue weighted by Crippen LogP contribution is -2.13. The predicted molar refractivity (Wildman–Crippen MR) is 68.2 cm³/mol. The molecule has 1 aromatic carbocycles. The van der Waals surface area contributed by atoms with E-state index < -0.39 is 0 Å². The van der Waals surface area contributed by atoms with Gasteiger partial charge in [-0.05, 0) is 34.0 Å². The zero-order valence-corrected chi connectivity index (χ0v) is 11.2. The van der Waals surface area contributed by atoms with Crippen molar-refractivity contribution in [2.24, 2.45) is 5.92 Å². The summed E-state index contributed by atoms with van der Waals surface area (Å²) in [5.41, 5.74) is 0.496. The van der Waals surface area contributed by atoms with Crippen molar-refractivity contribution >= 4 is 21.6 Å². The van der Waals surface area contributed by atoms with E-state index in [2.05, 4.69) is 35.1 Å². The summed E-state index contributed by atoms with van der Waals surface area (Å²) in [6, 6.07) is 4.91. The van der Waals surface area contributed by atoms with E-state index in [1.54, 1.807) is 12.1 Å². The molecule has 1 rings (SSSR count). The van der Waals surface area contributed by atoms with Gasteiger partial charge < -0.3 is 10.1 Å². The molecule has 0 saturated heterocycles. The van der Waals surface area contributed by atoms with E-state index in [-0.39, 0.29) is 5.82 Å². The molecule has 0 bridgehead atoms. The number of para-hydroxylation sites is 1. The normalized spacial score (nSPS) is 10.8. The molecule has 0 heterocycles. The molecule has 0 atom stereocenters. The SMILES string of the molecule is CC(C)COCCNc1c(F)cccc1Br. The van der Waals surface area contributed by atoms with Gasteiger partial charge in [-0.2, -0.15) is 0 Å². The monoisotopic (exact) mass is 289 g/mol. The topological polar surface area (TPSA) is 21.3 Å². The van der Waals surface area contributed by atoms with Crippen molar-refractivity contribution < 1.29 is 9.13 Å². The Balaban J connectivity index is 2.32. The summed E-state index contributed by atoms with van der Waals surface area (Å²) in [4.78, 5) is 0. The van der Waals surface area contributed by atoms with Crippen molar-refractivity contribution in [1.29, 1.82) is 0 Å². The molecular weight excluding hydrogens is 273 g/mol. The van der Waals surface area contributed by atoms with E-state index in [9.17, 15) is 4.39 Å². The zero-order valence-electron chi connectivity index (χ0n) is 9.59. The van der Waals surface area contributed by atoms with Crippen LogP contribution in [0, 0.1) is 11.7 Å². The van der Waals surface area contributed by atoms with E-state index in [1.165, 1.54) is 6.07 Å². The lowest BCUT2D eigenvalue weighted by atomic mass is 10.2. The first-order chi connectivity index (χ1) is 7.61. The first kappa shape index (κ1) is 13.5. The lowest BCUT2D eigenvalue weighted by Gasteiger charge is -2.10. The average molecular weight is 290 g/mol. The van der Waals surface area contributed by atoms with Crippen molar-refractivity contribution in [1.82, 2.24) is 0 Å². The van der Waals surface area contributed by atoms with Crippen molar-refractivity contribution in [2.45, 2.75) is 13.8 Å². The van der Waals surface area contributed by atoms with Gasteiger partial charge >= 0.3 is 0 Å². The molecule has 0 saturated carbocycles. The van der Waals surface area contributed by atoms with Crippen molar-refractivity contribution in [2.75, 3.05) is 25.1 Å². The van der Waals surface area contributed by atoms with Gasteiger partial charge in [-0.1, -0.05) is 19.9 Å². The summed E-state index contributed by atoms with van der Waals surface area (Å²) in [5, 5.41) is 3.01. The minimum Gasteiger partial charge on any atom is -0.379 e. The average Bonchev–Trinajstić information content (AvgIpc) is 2.21. The van der Waals surface area contributed by atoms with E-state index in [0.717, 1.165) is 11.1 Å². The Morgan fingerprint density at radius 1 is 1.44 bits per heavy atom. The highest BCUT2D eigenvalue weighted by Crippen LogP contribution is 2.24. The summed E-state index contributed by atoms with van der Waals surface area (Å²) in [7, 11) is 0. The standard InChI is InChI=1S/C12H17BrFNO/c1-9(2)8-16-7-6-15-12-10(13)4-3-5-11(12)14/h3-5,9,15H,6-8H2,1-2H3. The van der Waals surface area contributed by atoms with Gasteiger partial charge in [0.25, 0.3) is 0 Å². The fraction of sp³-hybridized carbons (Fsp3) is 0.500. The smallest absolute Gasteiger partial charge is 0.147 e. The summed E-state index contributed by atoms with van der Waals surface area (Å²) >= 11 is 3.30. The number of anilines is 1. The third-order valence-corrected chi connectivity index (χ3v) is 2.62. The molecule has 2 nitrogen and oxygen atoms in total. The Morgan fingerprint density at radius 3 is 2.81 bits per heavy atom. The van der Waals surface area contributed by atoms with Gasteiger partial charge in [0.2, 0.25) is 0 Å². The van der Waals surface area contributed by atoms with Crippen LogP contribution in [0.25, 0.3) is 0 Å². The molecule has 0 fully saturated rings. The molecule has 1 N–H and O–H groups in total. The van der Waals surface area contributed by atoms with E-state index in [4.69, 9.17) is 4.74 Å². The molecule has 0 aliphatic rings. The van der Waals surface area contributed by atoms with Crippen LogP contribution in [0.2, 0.25) is 0 Å². The highest BCUT2D eigenvalue weighted by atomic mass is 79.9. The Labute approximate surface area is 104 Å². The summed E-state index contributed by atoms with van der Waals surface area (Å²) in [6.07, 6.45) is 0. The van der Waals surface area contributed by atoms with Crippen LogP contribution in [-0.2, 0) is 4.74 Å². The van der Waals surface area contributed by atoms with Crippen molar-refractivity contribution in [3.05, 3.63) is 28.5 Å². The van der Waals surface area contributed by atoms with E-state index in [1.807, 2.05) is 0 Å². The molecule has 0 unspecified atom stereocenters. The third-order valence-electron chi connectivity index (χ3n) is 1.96. The molecule has 0 radical (unpaired) electrons. The maximum Gasteiger partial charge on any atom is 0.147 e. The van der Waals surface area contributed by atoms with Crippen LogP contribution in [-0.4, -0.2) is 19.8 Å². The Bertz CT molecular complexity index is 311. The number of rotatable bonds is 6. The van der Waals surface area contributed by atoms with Gasteiger partial charge in [-0.25, -0.2) is 4.39 Å². The summed E-state index contributed by atoms with van der Waals surface area (Å²) in [6.45, 7) is 6.12. The van der Waals surface area contributed by atoms with Crippen LogP contribution in [0.3, 0.4) is 0 Å². The lowest BCUT2D eigenvalue weighted by molar-refractivity contribution is 0.118. The van der Waals surface area contributed by atoms with Crippen LogP contribution in [0.4, 0.5) is 10.1 Å². The highest BCUT2D eigenvalue weighted by Gasteiger charge is 2.04. The number of ether oxygens (including phenoxy) is 1. The number of benzene rings is 1. The molecule has 1 aromatic rings. The molecule has 0 amide bonds. The largest absolute Gasteiger partial charge is 0.379 e. The second-order valence-electron chi connectivity index (χ2n) is 3.99. The number of hydrogen-bond donors (Lipinski definition) is 1. The van der Waals surface area contributed by atoms with Crippen LogP contribution in [0.1, 0.15) is 13.8 Å². The summed E-state index contributed by atoms with van der Waals surface area (Å²) < 4.78 is 19.5. The Kier molecular flexibility index (Phi) is 5.77. The molecule has 0 aliphatic heterocycles. The van der Waals surface area contributed by atoms with Crippen LogP contribution < -0.4 is 5.32 Å². The van der Waals surface area contributed by atoms with Crippen LogP contribution in [0.5, 0.6) is 0 Å². The second kappa shape index (κ2) is 6.86. The first-order valence-corrected chi connectivity index (χ1v) is 6.16. The quantitative estimate of drug-likeness (QED) is 0.807. The first-order valence-electron chi connectivity index (χ1n) is 5.37. The minimum atomic E-state index is -0.252. The van der Waals surface area contributed by atoms with E-state index in [0.29, 0.717) is 24.8 Å². The predicted octanol–water partition coefficient (Wildman–Crippen LogP) is 3.67. The third kappa shape index (κ3) is 4.49. The molecule has 4 heteroatoms. The Hall–Kier alpha value is -0.610. The van der Waals surface area contributed by atoms with Gasteiger partial charge in [0.05, 0.1) is 12.3 Å². The zero-order chi connectivity index (χ0) is 12.0. The number of halogens is 2. The minimum absolute atomic E-state index is 0.252. The molecule has 0 aliphatic carbocycles. The molecule has 0 spiro atoms. The maximum absolute atomic E-state index is 13.4. The second-order valence-corrected chi connectivity index (χ2v) is 4.85. The van der Waals surface area contributed by atoms with Gasteiger partial charge in [0.15, 0.2) is 0 Å². The maximum atomic E-state index is 13.4. The molecule has 90 valence electrons. The summed E-state index contributed by atoms with van der Waals surface area (Å²) in [5.74, 6) is 0.276. The van der Waals surface area contributed by atoms with Gasteiger partial charge in [0.1, 0.15) is 5.82 Å². The van der Waals surface area contributed by atoms with E-state index >= 15 is 0 Å². The van der Waals surface area contributed by atoms with Gasteiger partial charge in [0, 0.05) is 17.6 Å². The molecule has 0 aromatic heterocycles. The molecular formula is C12H17BrFNO.